The number of benzene rings is 1. The van der Waals surface area contributed by atoms with Crippen molar-refractivity contribution < 1.29 is 19.4 Å². The quantitative estimate of drug-likeness (QED) is 0.691. The molecular weight excluding hydrogens is 316 g/mol. The molecule has 0 saturated carbocycles. The van der Waals surface area contributed by atoms with Crippen LogP contribution in [-0.2, 0) is 20.7 Å². The SMILES string of the molecule is C=C[C@H](O)CC(=O)C[C@H]1C[C@@H](CCCc2ccccc2)OC(C)(C)O1. The predicted octanol–water partition coefficient (Wildman–Crippen LogP) is 3.82. The van der Waals surface area contributed by atoms with Gasteiger partial charge in [-0.2, -0.15) is 0 Å². The molecule has 0 aromatic heterocycles. The molecule has 4 heteroatoms. The maximum Gasteiger partial charge on any atom is 0.163 e. The summed E-state index contributed by atoms with van der Waals surface area (Å²) in [6.45, 7) is 7.29. The average molecular weight is 346 g/mol. The molecule has 1 fully saturated rings. The van der Waals surface area contributed by atoms with Crippen LogP contribution in [0.4, 0.5) is 0 Å². The third-order valence-corrected chi connectivity index (χ3v) is 4.43. The lowest BCUT2D eigenvalue weighted by Crippen LogP contribution is -2.45. The van der Waals surface area contributed by atoms with Crippen LogP contribution in [0.5, 0.6) is 0 Å². The summed E-state index contributed by atoms with van der Waals surface area (Å²) in [5, 5.41) is 9.53. The van der Waals surface area contributed by atoms with Crippen molar-refractivity contribution in [1.82, 2.24) is 0 Å². The number of ether oxygens (including phenoxy) is 2. The summed E-state index contributed by atoms with van der Waals surface area (Å²) in [6.07, 6.45) is 4.69. The molecule has 138 valence electrons. The van der Waals surface area contributed by atoms with E-state index in [2.05, 4.69) is 30.8 Å². The van der Waals surface area contributed by atoms with Crippen LogP contribution in [0.1, 0.15) is 51.5 Å². The molecule has 0 amide bonds. The molecule has 1 aromatic rings. The molecule has 0 aliphatic carbocycles. The molecule has 0 spiro atoms. The van der Waals surface area contributed by atoms with Gasteiger partial charge in [0.2, 0.25) is 0 Å². The Balaban J connectivity index is 1.82. The van der Waals surface area contributed by atoms with Crippen molar-refractivity contribution in [1.29, 1.82) is 0 Å². The van der Waals surface area contributed by atoms with E-state index in [1.807, 2.05) is 19.9 Å². The summed E-state index contributed by atoms with van der Waals surface area (Å²) in [5.74, 6) is -0.685. The highest BCUT2D eigenvalue weighted by atomic mass is 16.7. The lowest BCUT2D eigenvalue weighted by atomic mass is 9.97. The first-order valence-electron chi connectivity index (χ1n) is 9.10. The predicted molar refractivity (Wildman–Crippen MR) is 98.3 cm³/mol. The number of aliphatic hydroxyl groups excluding tert-OH is 1. The molecule has 1 heterocycles. The molecule has 0 radical (unpaired) electrons. The number of rotatable bonds is 9. The molecule has 1 saturated heterocycles. The topological polar surface area (TPSA) is 55.8 Å². The second-order valence-electron chi connectivity index (χ2n) is 7.24. The number of hydrogen-bond donors (Lipinski definition) is 1. The smallest absolute Gasteiger partial charge is 0.163 e. The van der Waals surface area contributed by atoms with E-state index in [1.165, 1.54) is 11.6 Å². The Labute approximate surface area is 150 Å². The Morgan fingerprint density at radius 1 is 1.32 bits per heavy atom. The lowest BCUT2D eigenvalue weighted by molar-refractivity contribution is -0.299. The molecule has 1 aliphatic rings. The van der Waals surface area contributed by atoms with Gasteiger partial charge in [0.15, 0.2) is 5.79 Å². The van der Waals surface area contributed by atoms with Crippen LogP contribution >= 0.6 is 0 Å². The molecule has 0 bridgehead atoms. The van der Waals surface area contributed by atoms with Crippen LogP contribution < -0.4 is 0 Å². The van der Waals surface area contributed by atoms with Gasteiger partial charge in [0.05, 0.1) is 18.3 Å². The van der Waals surface area contributed by atoms with E-state index in [9.17, 15) is 9.90 Å². The number of hydrogen-bond acceptors (Lipinski definition) is 4. The van der Waals surface area contributed by atoms with Crippen LogP contribution in [0.15, 0.2) is 43.0 Å². The first-order valence-corrected chi connectivity index (χ1v) is 9.10. The Kier molecular flexibility index (Phi) is 7.36. The molecule has 1 N–H and O–H groups in total. The molecule has 1 aliphatic heterocycles. The number of aliphatic hydroxyl groups is 1. The fourth-order valence-corrected chi connectivity index (χ4v) is 3.35. The summed E-state index contributed by atoms with van der Waals surface area (Å²) in [4.78, 5) is 12.1. The number of ketones is 1. The summed E-state index contributed by atoms with van der Waals surface area (Å²) >= 11 is 0. The van der Waals surface area contributed by atoms with Gasteiger partial charge in [0, 0.05) is 19.3 Å². The molecule has 25 heavy (non-hydrogen) atoms. The van der Waals surface area contributed by atoms with Gasteiger partial charge in [-0.25, -0.2) is 0 Å². The third-order valence-electron chi connectivity index (χ3n) is 4.43. The fourth-order valence-electron chi connectivity index (χ4n) is 3.35. The van der Waals surface area contributed by atoms with E-state index in [-0.39, 0.29) is 24.4 Å². The van der Waals surface area contributed by atoms with E-state index < -0.39 is 11.9 Å². The van der Waals surface area contributed by atoms with Crippen LogP contribution in [0.25, 0.3) is 0 Å². The second-order valence-corrected chi connectivity index (χ2v) is 7.24. The first-order chi connectivity index (χ1) is 11.9. The Morgan fingerprint density at radius 2 is 2.00 bits per heavy atom. The minimum Gasteiger partial charge on any atom is -0.389 e. The van der Waals surface area contributed by atoms with E-state index in [4.69, 9.17) is 9.47 Å². The fraction of sp³-hybridized carbons (Fsp3) is 0.571. The molecular formula is C21H30O4. The van der Waals surface area contributed by atoms with Crippen molar-refractivity contribution in [3.05, 3.63) is 48.6 Å². The van der Waals surface area contributed by atoms with Gasteiger partial charge in [-0.3, -0.25) is 4.79 Å². The summed E-state index contributed by atoms with van der Waals surface area (Å²) in [6, 6.07) is 10.4. The minimum atomic E-state index is -0.776. The zero-order valence-electron chi connectivity index (χ0n) is 15.3. The summed E-state index contributed by atoms with van der Waals surface area (Å²) in [5.41, 5.74) is 1.33. The largest absolute Gasteiger partial charge is 0.389 e. The number of aryl methyl sites for hydroxylation is 1. The number of carbonyl (C=O) groups is 1. The maximum absolute atomic E-state index is 12.1. The zero-order valence-corrected chi connectivity index (χ0v) is 15.3. The van der Waals surface area contributed by atoms with Crippen LogP contribution in [0, 0.1) is 0 Å². The summed E-state index contributed by atoms with van der Waals surface area (Å²) < 4.78 is 11.9. The molecule has 4 nitrogen and oxygen atoms in total. The Hall–Kier alpha value is -1.49. The van der Waals surface area contributed by atoms with E-state index >= 15 is 0 Å². The van der Waals surface area contributed by atoms with Crippen molar-refractivity contribution in [2.45, 2.75) is 76.5 Å². The van der Waals surface area contributed by atoms with Gasteiger partial charge < -0.3 is 14.6 Å². The highest BCUT2D eigenvalue weighted by molar-refractivity contribution is 5.79. The van der Waals surface area contributed by atoms with Crippen LogP contribution in [-0.4, -0.2) is 35.0 Å². The molecule has 1 aromatic carbocycles. The monoisotopic (exact) mass is 346 g/mol. The molecule has 2 rings (SSSR count). The standard InChI is InChI=1S/C21H30O4/c1-4-17(22)13-18(23)14-20-15-19(24-21(2,3)25-20)12-8-11-16-9-6-5-7-10-16/h4-7,9-10,17,19-20,22H,1,8,11-15H2,2-3H3/t17-,19+,20-/m0/s1. The van der Waals surface area contributed by atoms with E-state index in [1.54, 1.807) is 0 Å². The normalized spacial score (nSPS) is 23.8. The van der Waals surface area contributed by atoms with Crippen molar-refractivity contribution >= 4 is 5.78 Å². The second kappa shape index (κ2) is 9.27. The average Bonchev–Trinajstić information content (AvgIpc) is 2.54. The number of Topliss-reactive ketones (excluding diaryl/α,β-unsaturated/α-hetero) is 1. The summed E-state index contributed by atoms with van der Waals surface area (Å²) in [7, 11) is 0. The highest BCUT2D eigenvalue weighted by Gasteiger charge is 2.36. The Bertz CT molecular complexity index is 552. The molecule has 3 atom stereocenters. The van der Waals surface area contributed by atoms with Gasteiger partial charge in [0.1, 0.15) is 5.78 Å². The highest BCUT2D eigenvalue weighted by Crippen LogP contribution is 2.31. The van der Waals surface area contributed by atoms with Crippen molar-refractivity contribution in [3.8, 4) is 0 Å². The maximum atomic E-state index is 12.1. The first kappa shape index (κ1) is 19.8. The van der Waals surface area contributed by atoms with Crippen molar-refractivity contribution in [2.75, 3.05) is 0 Å². The van der Waals surface area contributed by atoms with E-state index in [0.717, 1.165) is 19.3 Å². The van der Waals surface area contributed by atoms with Crippen LogP contribution in [0.3, 0.4) is 0 Å². The third kappa shape index (κ3) is 7.10. The minimum absolute atomic E-state index is 0.00173. The Morgan fingerprint density at radius 3 is 2.68 bits per heavy atom. The van der Waals surface area contributed by atoms with Gasteiger partial charge >= 0.3 is 0 Å². The van der Waals surface area contributed by atoms with E-state index in [0.29, 0.717) is 12.8 Å². The van der Waals surface area contributed by atoms with Gasteiger partial charge in [-0.05, 0) is 38.7 Å². The molecule has 0 unspecified atom stereocenters. The van der Waals surface area contributed by atoms with Gasteiger partial charge in [-0.1, -0.05) is 36.4 Å². The van der Waals surface area contributed by atoms with Crippen molar-refractivity contribution in [3.63, 3.8) is 0 Å². The van der Waals surface area contributed by atoms with Crippen molar-refractivity contribution in [2.24, 2.45) is 0 Å². The van der Waals surface area contributed by atoms with Gasteiger partial charge in [-0.15, -0.1) is 6.58 Å². The lowest BCUT2D eigenvalue weighted by Gasteiger charge is -2.41. The van der Waals surface area contributed by atoms with Crippen LogP contribution in [0.2, 0.25) is 0 Å². The van der Waals surface area contributed by atoms with Gasteiger partial charge in [0.25, 0.3) is 0 Å². The number of carbonyl (C=O) groups excluding carboxylic acids is 1. The zero-order chi connectivity index (χ0) is 18.3.